The van der Waals surface area contributed by atoms with Crippen LogP contribution < -0.4 is 5.73 Å². The van der Waals surface area contributed by atoms with Crippen molar-refractivity contribution >= 4 is 5.91 Å². The van der Waals surface area contributed by atoms with Crippen molar-refractivity contribution in [2.24, 2.45) is 5.73 Å². The maximum absolute atomic E-state index is 10.9. The van der Waals surface area contributed by atoms with Gasteiger partial charge in [-0.2, -0.15) is 0 Å². The number of carbonyl (C=O) groups excluding carboxylic acids is 1. The topological polar surface area (TPSA) is 68.9 Å². The molecule has 4 heteroatoms. The van der Waals surface area contributed by atoms with Crippen LogP contribution in [-0.2, 0) is 0 Å². The molecule has 1 aromatic rings. The average Bonchev–Trinajstić information content (AvgIpc) is 1.82. The third kappa shape index (κ3) is 1.42. The molecule has 4 nitrogen and oxygen atoms in total. The second-order valence-electron chi connectivity index (χ2n) is 2.68. The number of rotatable bonds is 1. The summed E-state index contributed by atoms with van der Waals surface area (Å²) < 4.78 is 0. The van der Waals surface area contributed by atoms with Crippen molar-refractivity contribution in [1.82, 2.24) is 9.97 Å². The quantitative estimate of drug-likeness (QED) is 0.658. The van der Waals surface area contributed by atoms with Gasteiger partial charge in [0.2, 0.25) is 0 Å². The van der Waals surface area contributed by atoms with Gasteiger partial charge in [0.15, 0.2) is 0 Å². The molecule has 0 atom stereocenters. The lowest BCUT2D eigenvalue weighted by Gasteiger charge is -2.04. The molecule has 1 rings (SSSR count). The molecule has 0 fully saturated rings. The van der Waals surface area contributed by atoms with Crippen molar-refractivity contribution < 1.29 is 4.79 Å². The summed E-state index contributed by atoms with van der Waals surface area (Å²) in [4.78, 5) is 19.0. The first kappa shape index (κ1) is 8.64. The highest BCUT2D eigenvalue weighted by Crippen LogP contribution is 2.08. The maximum Gasteiger partial charge on any atom is 0.252 e. The molecule has 0 aromatic carbocycles. The summed E-state index contributed by atoms with van der Waals surface area (Å²) in [7, 11) is 0. The third-order valence-electron chi connectivity index (χ3n) is 1.63. The highest BCUT2D eigenvalue weighted by molar-refractivity contribution is 5.94. The van der Waals surface area contributed by atoms with Crippen molar-refractivity contribution in [3.8, 4) is 0 Å². The first-order chi connectivity index (χ1) is 5.52. The molecule has 0 unspecified atom stereocenters. The molecule has 0 aliphatic rings. The molecular formula is C8H11N3O. The summed E-state index contributed by atoms with van der Waals surface area (Å²) in [5, 5.41) is 0. The fraction of sp³-hybridized carbons (Fsp3) is 0.375. The number of hydrogen-bond acceptors (Lipinski definition) is 3. The zero-order valence-corrected chi connectivity index (χ0v) is 7.38. The normalized spacial score (nSPS) is 9.92. The largest absolute Gasteiger partial charge is 0.365 e. The zero-order chi connectivity index (χ0) is 9.30. The van der Waals surface area contributed by atoms with E-state index >= 15 is 0 Å². The van der Waals surface area contributed by atoms with E-state index in [0.717, 1.165) is 0 Å². The summed E-state index contributed by atoms with van der Waals surface area (Å²) in [6, 6.07) is 0. The first-order valence-corrected chi connectivity index (χ1v) is 3.64. The highest BCUT2D eigenvalue weighted by atomic mass is 16.1. The van der Waals surface area contributed by atoms with Gasteiger partial charge in [0.1, 0.15) is 5.82 Å². The van der Waals surface area contributed by atoms with Crippen LogP contribution in [0.3, 0.4) is 0 Å². The van der Waals surface area contributed by atoms with E-state index in [9.17, 15) is 4.79 Å². The molecule has 1 heterocycles. The summed E-state index contributed by atoms with van der Waals surface area (Å²) in [5.41, 5.74) is 6.87. The number of aryl methyl sites for hydroxylation is 3. The molecular weight excluding hydrogens is 154 g/mol. The van der Waals surface area contributed by atoms with Crippen LogP contribution in [0.15, 0.2) is 0 Å². The van der Waals surface area contributed by atoms with E-state index in [-0.39, 0.29) is 0 Å². The van der Waals surface area contributed by atoms with Crippen LogP contribution in [0.5, 0.6) is 0 Å². The highest BCUT2D eigenvalue weighted by Gasteiger charge is 2.10. The first-order valence-electron chi connectivity index (χ1n) is 3.64. The summed E-state index contributed by atoms with van der Waals surface area (Å²) in [5.74, 6) is 0.194. The number of carbonyl (C=O) groups is 1. The Bertz CT molecular complexity index is 310. The molecule has 2 N–H and O–H groups in total. The van der Waals surface area contributed by atoms with Gasteiger partial charge in [-0.1, -0.05) is 0 Å². The fourth-order valence-electron chi connectivity index (χ4n) is 1.24. The minimum absolute atomic E-state index is 0.431. The molecule has 0 radical (unpaired) electrons. The van der Waals surface area contributed by atoms with E-state index in [1.54, 1.807) is 20.8 Å². The lowest BCUT2D eigenvalue weighted by atomic mass is 10.1. The predicted molar refractivity (Wildman–Crippen MR) is 44.8 cm³/mol. The standard InChI is InChI=1S/C8H11N3O/c1-4-7(8(9)12)5(2)11-6(3)10-4/h1-3H3,(H2,9,12). The van der Waals surface area contributed by atoms with Crippen LogP contribution in [0.1, 0.15) is 27.6 Å². The van der Waals surface area contributed by atoms with Crippen LogP contribution in [-0.4, -0.2) is 15.9 Å². The smallest absolute Gasteiger partial charge is 0.252 e. The van der Waals surface area contributed by atoms with E-state index in [1.807, 2.05) is 0 Å². The lowest BCUT2D eigenvalue weighted by molar-refractivity contribution is 0.0998. The molecule has 12 heavy (non-hydrogen) atoms. The Morgan fingerprint density at radius 1 is 1.17 bits per heavy atom. The molecule has 0 saturated carbocycles. The number of amides is 1. The summed E-state index contributed by atoms with van der Waals surface area (Å²) >= 11 is 0. The van der Waals surface area contributed by atoms with E-state index in [0.29, 0.717) is 22.8 Å². The molecule has 64 valence electrons. The maximum atomic E-state index is 10.9. The van der Waals surface area contributed by atoms with Gasteiger partial charge in [-0.3, -0.25) is 4.79 Å². The molecule has 1 amide bonds. The predicted octanol–water partition coefficient (Wildman–Crippen LogP) is 0.501. The van der Waals surface area contributed by atoms with E-state index in [4.69, 9.17) is 5.73 Å². The third-order valence-corrected chi connectivity index (χ3v) is 1.63. The molecule has 0 bridgehead atoms. The van der Waals surface area contributed by atoms with Crippen molar-refractivity contribution in [2.75, 3.05) is 0 Å². The van der Waals surface area contributed by atoms with Gasteiger partial charge in [0.25, 0.3) is 5.91 Å². The van der Waals surface area contributed by atoms with Crippen molar-refractivity contribution in [3.63, 3.8) is 0 Å². The van der Waals surface area contributed by atoms with E-state index in [2.05, 4.69) is 9.97 Å². The Morgan fingerprint density at radius 3 is 1.92 bits per heavy atom. The zero-order valence-electron chi connectivity index (χ0n) is 7.38. The van der Waals surface area contributed by atoms with Gasteiger partial charge >= 0.3 is 0 Å². The lowest BCUT2D eigenvalue weighted by Crippen LogP contribution is -2.17. The Labute approximate surface area is 70.8 Å². The number of nitrogens with zero attached hydrogens (tertiary/aromatic N) is 2. The molecule has 0 aliphatic carbocycles. The van der Waals surface area contributed by atoms with Gasteiger partial charge in [0.05, 0.1) is 17.0 Å². The SMILES string of the molecule is Cc1nc(C)c(C(N)=O)c(C)n1. The Hall–Kier alpha value is -1.45. The monoisotopic (exact) mass is 165 g/mol. The number of aromatic nitrogens is 2. The van der Waals surface area contributed by atoms with Crippen molar-refractivity contribution in [1.29, 1.82) is 0 Å². The number of nitrogens with two attached hydrogens (primary N) is 1. The van der Waals surface area contributed by atoms with Gasteiger partial charge in [-0.15, -0.1) is 0 Å². The minimum atomic E-state index is -0.468. The van der Waals surface area contributed by atoms with Crippen LogP contribution in [0.2, 0.25) is 0 Å². The Kier molecular flexibility index (Phi) is 2.08. The van der Waals surface area contributed by atoms with E-state index < -0.39 is 5.91 Å². The number of hydrogen-bond donors (Lipinski definition) is 1. The van der Waals surface area contributed by atoms with Crippen LogP contribution >= 0.6 is 0 Å². The minimum Gasteiger partial charge on any atom is -0.365 e. The second kappa shape index (κ2) is 2.89. The van der Waals surface area contributed by atoms with Gasteiger partial charge in [-0.25, -0.2) is 9.97 Å². The Balaban J connectivity index is 3.38. The van der Waals surface area contributed by atoms with Crippen LogP contribution in [0.4, 0.5) is 0 Å². The van der Waals surface area contributed by atoms with Crippen LogP contribution in [0.25, 0.3) is 0 Å². The van der Waals surface area contributed by atoms with Crippen LogP contribution in [0, 0.1) is 20.8 Å². The van der Waals surface area contributed by atoms with Gasteiger partial charge < -0.3 is 5.73 Å². The fourth-order valence-corrected chi connectivity index (χ4v) is 1.24. The molecule has 0 saturated heterocycles. The average molecular weight is 165 g/mol. The summed E-state index contributed by atoms with van der Waals surface area (Å²) in [6.45, 7) is 5.29. The molecule has 0 spiro atoms. The van der Waals surface area contributed by atoms with Gasteiger partial charge in [-0.05, 0) is 20.8 Å². The van der Waals surface area contributed by atoms with E-state index in [1.165, 1.54) is 0 Å². The molecule has 0 aliphatic heterocycles. The number of primary amides is 1. The van der Waals surface area contributed by atoms with Crippen molar-refractivity contribution in [2.45, 2.75) is 20.8 Å². The van der Waals surface area contributed by atoms with Gasteiger partial charge in [0, 0.05) is 0 Å². The van der Waals surface area contributed by atoms with Crippen molar-refractivity contribution in [3.05, 3.63) is 22.8 Å². The Morgan fingerprint density at radius 2 is 1.58 bits per heavy atom. The summed E-state index contributed by atoms with van der Waals surface area (Å²) in [6.07, 6.45) is 0. The second-order valence-corrected chi connectivity index (χ2v) is 2.68. The molecule has 1 aromatic heterocycles.